The maximum Gasteiger partial charge on any atom is 0.330 e. The van der Waals surface area contributed by atoms with E-state index < -0.39 is 50.7 Å². The van der Waals surface area contributed by atoms with E-state index in [0.29, 0.717) is 18.5 Å². The molecule has 0 saturated carbocycles. The topological polar surface area (TPSA) is 169 Å². The molecule has 1 fully saturated rings. The zero-order valence-corrected chi connectivity index (χ0v) is 23.3. The highest BCUT2D eigenvalue weighted by atomic mass is 127. The minimum absolute atomic E-state index is 0.116. The highest BCUT2D eigenvalue weighted by Crippen LogP contribution is 2.37. The molecule has 1 aromatic rings. The second kappa shape index (κ2) is 15.6. The molecule has 36 heavy (non-hydrogen) atoms. The van der Waals surface area contributed by atoms with Crippen LogP contribution in [0.5, 0.6) is 0 Å². The molecule has 5 atom stereocenters. The van der Waals surface area contributed by atoms with E-state index >= 15 is 0 Å². The number of hydrogen-bond acceptors (Lipinski definition) is 8. The van der Waals surface area contributed by atoms with Crippen molar-refractivity contribution in [1.82, 2.24) is 14.9 Å². The molecule has 1 aliphatic heterocycles. The Morgan fingerprint density at radius 1 is 1.31 bits per heavy atom. The van der Waals surface area contributed by atoms with Crippen LogP contribution >= 0.6 is 30.8 Å². The van der Waals surface area contributed by atoms with Crippen LogP contribution in [0.4, 0.5) is 0 Å². The number of unbranched alkanes of at least 4 members (excludes halogenated alkanes) is 3. The van der Waals surface area contributed by atoms with Gasteiger partial charge in [0.2, 0.25) is 0 Å². The van der Waals surface area contributed by atoms with Gasteiger partial charge in [-0.05, 0) is 58.9 Å². The fraction of sp³-hybridized carbons (Fsp3) is 0.591. The van der Waals surface area contributed by atoms with Crippen LogP contribution in [0, 0.1) is 0 Å². The van der Waals surface area contributed by atoms with Crippen LogP contribution in [-0.4, -0.2) is 63.5 Å². The van der Waals surface area contributed by atoms with Gasteiger partial charge in [-0.25, -0.2) is 4.79 Å². The van der Waals surface area contributed by atoms with E-state index in [1.54, 1.807) is 6.08 Å². The largest absolute Gasteiger partial charge is 0.394 e. The average molecular weight is 641 g/mol. The number of hydrogen-bond donors (Lipinski definition) is 4. The number of amides is 1. The number of nitrogens with zero attached hydrogens (tertiary/aromatic N) is 1. The summed E-state index contributed by atoms with van der Waals surface area (Å²) >= 11 is 2.15. The molecule has 1 aliphatic rings. The third-order valence-corrected chi connectivity index (χ3v) is 6.21. The van der Waals surface area contributed by atoms with Crippen LogP contribution in [0.1, 0.15) is 45.8 Å². The number of ether oxygens (including phenoxy) is 2. The molecule has 202 valence electrons. The van der Waals surface area contributed by atoms with Gasteiger partial charge in [0.25, 0.3) is 11.5 Å². The second-order valence-electron chi connectivity index (χ2n) is 8.09. The average Bonchev–Trinajstić information content (AvgIpc) is 3.15. The summed E-state index contributed by atoms with van der Waals surface area (Å²) in [5.74, 6) is -0.116. The van der Waals surface area contributed by atoms with Crippen LogP contribution < -0.4 is 16.6 Å². The quantitative estimate of drug-likeness (QED) is 0.0774. The first-order valence-corrected chi connectivity index (χ1v) is 13.9. The Morgan fingerprint density at radius 3 is 2.64 bits per heavy atom. The van der Waals surface area contributed by atoms with E-state index in [1.165, 1.54) is 6.20 Å². The van der Waals surface area contributed by atoms with E-state index in [1.807, 2.05) is 19.9 Å². The van der Waals surface area contributed by atoms with Gasteiger partial charge in [-0.1, -0.05) is 18.9 Å². The first-order chi connectivity index (χ1) is 17.2. The number of H-pyrrole nitrogens is 1. The molecule has 14 heteroatoms. The van der Waals surface area contributed by atoms with Crippen molar-refractivity contribution < 1.29 is 33.4 Å². The number of aromatic amines is 1. The summed E-state index contributed by atoms with van der Waals surface area (Å²) in [6, 6.07) is 1.14. The number of allylic oxidation sites excluding steroid dienone is 2. The summed E-state index contributed by atoms with van der Waals surface area (Å²) in [7, 11) is -3.39. The number of aliphatic hydroxyl groups is 1. The monoisotopic (exact) mass is 641 g/mol. The number of rotatable bonds is 14. The van der Waals surface area contributed by atoms with Crippen molar-refractivity contribution in [3.05, 3.63) is 54.4 Å². The number of aromatic nitrogens is 2. The molecule has 1 saturated heterocycles. The molecule has 0 bridgehead atoms. The smallest absolute Gasteiger partial charge is 0.330 e. The molecular formula is C22H33IN3O9P. The lowest BCUT2D eigenvalue weighted by Gasteiger charge is -2.24. The molecule has 2 rings (SSSR count). The van der Waals surface area contributed by atoms with E-state index in [0.717, 1.165) is 33.5 Å². The van der Waals surface area contributed by atoms with Crippen molar-refractivity contribution in [1.29, 1.82) is 0 Å². The first kappa shape index (κ1) is 30.6. The Hall–Kier alpha value is -1.61. The predicted molar refractivity (Wildman–Crippen MR) is 141 cm³/mol. The Labute approximate surface area is 222 Å². The van der Waals surface area contributed by atoms with Gasteiger partial charge >= 0.3 is 13.9 Å². The van der Waals surface area contributed by atoms with Gasteiger partial charge in [0.05, 0.1) is 6.61 Å². The van der Waals surface area contributed by atoms with Gasteiger partial charge in [-0.15, -0.1) is 0 Å². The van der Waals surface area contributed by atoms with Gasteiger partial charge in [-0.2, -0.15) is 0 Å². The van der Waals surface area contributed by atoms with Crippen LogP contribution in [0.25, 0.3) is 0 Å². The van der Waals surface area contributed by atoms with Gasteiger partial charge in [-0.3, -0.25) is 23.7 Å². The SMILES string of the molecule is C/C=C(\C=C(/C)I)C(=O)NCCCCCCOC1C(O[PH](=O)O)[C@@H](CO)O[C@H]1n1ccc(=O)[nH]c1=O. The summed E-state index contributed by atoms with van der Waals surface area (Å²) in [4.78, 5) is 47.3. The summed E-state index contributed by atoms with van der Waals surface area (Å²) in [5, 5.41) is 12.5. The number of carbonyl (C=O) groups excluding carboxylic acids is 1. The minimum atomic E-state index is -3.39. The van der Waals surface area contributed by atoms with E-state index in [2.05, 4.69) is 32.9 Å². The molecule has 4 N–H and O–H groups in total. The zero-order chi connectivity index (χ0) is 26.7. The van der Waals surface area contributed by atoms with Crippen molar-refractivity contribution in [3.63, 3.8) is 0 Å². The Morgan fingerprint density at radius 2 is 2.03 bits per heavy atom. The summed E-state index contributed by atoms with van der Waals surface area (Å²) in [6.45, 7) is 3.98. The lowest BCUT2D eigenvalue weighted by molar-refractivity contribution is -0.117. The van der Waals surface area contributed by atoms with Crippen molar-refractivity contribution in [2.75, 3.05) is 19.8 Å². The third-order valence-electron chi connectivity index (χ3n) is 5.42. The molecule has 1 amide bonds. The highest BCUT2D eigenvalue weighted by molar-refractivity contribution is 14.1. The lowest BCUT2D eigenvalue weighted by Crippen LogP contribution is -2.40. The maximum absolute atomic E-state index is 12.3. The first-order valence-electron chi connectivity index (χ1n) is 11.5. The number of carbonyl (C=O) groups is 1. The molecule has 0 spiro atoms. The molecular weight excluding hydrogens is 608 g/mol. The minimum Gasteiger partial charge on any atom is -0.394 e. The normalized spacial score (nSPS) is 23.6. The molecule has 12 nitrogen and oxygen atoms in total. The number of aliphatic hydroxyl groups excluding tert-OH is 1. The standard InChI is InChI=1S/C22H33IN3O9P/c1-3-15(12-14(2)23)20(29)24-9-6-4-5-7-11-33-19-18(35-36(31)32)16(13-27)34-21(19)26-10-8-17(28)25-22(26)30/h3,8,10,12,16,18-19,21,27,36H,4-7,9,11,13H2,1-2H3,(H,24,29)(H,31,32)(H,25,28,30)/b14-12+,15-3+/t16-,18?,19?,21-/m1/s1. The predicted octanol–water partition coefficient (Wildman–Crippen LogP) is 1.54. The summed E-state index contributed by atoms with van der Waals surface area (Å²) < 4.78 is 30.1. The fourth-order valence-corrected chi connectivity index (χ4v) is 4.60. The van der Waals surface area contributed by atoms with E-state index in [9.17, 15) is 28.9 Å². The summed E-state index contributed by atoms with van der Waals surface area (Å²) in [6.07, 6.45) is 3.72. The Balaban J connectivity index is 1.88. The summed E-state index contributed by atoms with van der Waals surface area (Å²) in [5.41, 5.74) is -0.718. The van der Waals surface area contributed by atoms with Crippen LogP contribution in [0.15, 0.2) is 43.2 Å². The molecule has 2 heterocycles. The maximum atomic E-state index is 12.3. The molecule has 0 aromatic carbocycles. The molecule has 0 aliphatic carbocycles. The highest BCUT2D eigenvalue weighted by Gasteiger charge is 2.48. The van der Waals surface area contributed by atoms with Gasteiger partial charge in [0.15, 0.2) is 6.23 Å². The van der Waals surface area contributed by atoms with Crippen LogP contribution in [0.2, 0.25) is 0 Å². The molecule has 0 radical (unpaired) electrons. The van der Waals surface area contributed by atoms with Crippen LogP contribution in [0.3, 0.4) is 0 Å². The zero-order valence-electron chi connectivity index (χ0n) is 20.1. The Kier molecular flexibility index (Phi) is 13.3. The number of nitrogens with one attached hydrogen (secondary N) is 2. The van der Waals surface area contributed by atoms with E-state index in [4.69, 9.17) is 14.0 Å². The molecule has 3 unspecified atom stereocenters. The van der Waals surface area contributed by atoms with Crippen molar-refractivity contribution in [2.24, 2.45) is 0 Å². The molecule has 1 aromatic heterocycles. The number of halogens is 1. The Bertz CT molecular complexity index is 1070. The fourth-order valence-electron chi connectivity index (χ4n) is 3.74. The van der Waals surface area contributed by atoms with Crippen molar-refractivity contribution in [3.8, 4) is 0 Å². The van der Waals surface area contributed by atoms with Crippen LogP contribution in [-0.2, 0) is 23.4 Å². The third kappa shape index (κ3) is 9.36. The van der Waals surface area contributed by atoms with Crippen molar-refractivity contribution >= 4 is 36.8 Å². The second-order valence-corrected chi connectivity index (χ2v) is 10.6. The van der Waals surface area contributed by atoms with Gasteiger partial charge < -0.3 is 29.3 Å². The van der Waals surface area contributed by atoms with Crippen molar-refractivity contribution in [2.45, 2.75) is 64.1 Å². The van der Waals surface area contributed by atoms with Gasteiger partial charge in [0.1, 0.15) is 18.3 Å². The van der Waals surface area contributed by atoms with Gasteiger partial charge in [0, 0.05) is 31.0 Å². The lowest BCUT2D eigenvalue weighted by atomic mass is 10.1. The van der Waals surface area contributed by atoms with E-state index in [-0.39, 0.29) is 12.5 Å².